The zero-order chi connectivity index (χ0) is 20.7. The molecule has 0 N–H and O–H groups in total. The lowest BCUT2D eigenvalue weighted by molar-refractivity contribution is 0.373. The number of hydrogen-bond donors (Lipinski definition) is 0. The molecule has 0 aliphatic heterocycles. The third-order valence-electron chi connectivity index (χ3n) is 3.58. The number of benzene rings is 1. The maximum atomic E-state index is 14.7. The number of halogens is 1. The van der Waals surface area contributed by atoms with E-state index in [9.17, 15) is 4.48 Å². The molecule has 2 heteroatoms. The maximum absolute atomic E-state index is 14.7. The van der Waals surface area contributed by atoms with Crippen LogP contribution < -0.4 is 0 Å². The first-order valence-corrected chi connectivity index (χ1v) is 9.90. The Bertz CT molecular complexity index is 663. The summed E-state index contributed by atoms with van der Waals surface area (Å²) in [7, 11) is 0. The summed E-state index contributed by atoms with van der Waals surface area (Å²) in [4.78, 5) is 0.767. The van der Waals surface area contributed by atoms with E-state index < -0.39 is 0 Å². The van der Waals surface area contributed by atoms with E-state index in [1.165, 1.54) is 0 Å². The zero-order valence-corrected chi connectivity index (χ0v) is 18.3. The van der Waals surface area contributed by atoms with Crippen LogP contribution in [0.15, 0.2) is 36.9 Å². The lowest BCUT2D eigenvalue weighted by Gasteiger charge is -2.08. The molecule has 0 fully saturated rings. The van der Waals surface area contributed by atoms with E-state index in [4.69, 9.17) is 0 Å². The molecule has 0 unspecified atom stereocenters. The second kappa shape index (κ2) is 15.2. The Labute approximate surface area is 161 Å². The quantitative estimate of drug-likeness (QED) is 0.515. The van der Waals surface area contributed by atoms with Crippen LogP contribution in [0.25, 0.3) is 23.4 Å². The Morgan fingerprint density at radius 3 is 2.00 bits per heavy atom. The fourth-order valence-corrected chi connectivity index (χ4v) is 2.63. The van der Waals surface area contributed by atoms with Crippen molar-refractivity contribution in [2.45, 2.75) is 68.7 Å². The molecule has 0 atom stereocenters. The maximum Gasteiger partial charge on any atom is 0.0860 e. The molecule has 26 heavy (non-hydrogen) atoms. The second-order valence-electron chi connectivity index (χ2n) is 4.78. The van der Waals surface area contributed by atoms with Crippen molar-refractivity contribution in [2.24, 2.45) is 0 Å². The molecule has 2 rings (SSSR count). The largest absolute Gasteiger partial charge is 0.178 e. The standard InChI is InChI=1S/C18H20FN.3C2H6/c1-5-10-16-14(6-2)18(20(19)17(16)7-3)15-12-9-8-11-13(15)4;3*1-2/h5,7-12H,3,6H2,1-2,4H3;3*1-2H3/b10-5-;;;. The van der Waals surface area contributed by atoms with Gasteiger partial charge >= 0.3 is 0 Å². The van der Waals surface area contributed by atoms with Gasteiger partial charge in [-0.15, -0.1) is 0 Å². The highest BCUT2D eigenvalue weighted by Crippen LogP contribution is 2.35. The first-order valence-electron chi connectivity index (χ1n) is 9.90. The highest BCUT2D eigenvalue weighted by Gasteiger charge is 2.20. The molecule has 0 spiro atoms. The molecule has 2 aromatic rings. The zero-order valence-electron chi connectivity index (χ0n) is 18.3. The monoisotopic (exact) mass is 359 g/mol. The van der Waals surface area contributed by atoms with Crippen LogP contribution in [0, 0.1) is 6.92 Å². The van der Waals surface area contributed by atoms with Gasteiger partial charge in [-0.3, -0.25) is 0 Å². The number of aromatic nitrogens is 1. The van der Waals surface area contributed by atoms with Crippen LogP contribution in [0.1, 0.15) is 77.8 Å². The van der Waals surface area contributed by atoms with E-state index in [0.717, 1.165) is 33.5 Å². The summed E-state index contributed by atoms with van der Waals surface area (Å²) in [5.74, 6) is 0. The molecule has 0 saturated heterocycles. The van der Waals surface area contributed by atoms with Crippen LogP contribution >= 0.6 is 0 Å². The molecule has 0 radical (unpaired) electrons. The molecule has 1 nitrogen and oxygen atoms in total. The molecule has 0 saturated carbocycles. The molecule has 0 aliphatic rings. The summed E-state index contributed by atoms with van der Waals surface area (Å²) in [5, 5.41) is 0. The summed E-state index contributed by atoms with van der Waals surface area (Å²) in [6.07, 6.45) is 6.24. The van der Waals surface area contributed by atoms with Crippen molar-refractivity contribution in [2.75, 3.05) is 0 Å². The average molecular weight is 360 g/mol. The Balaban J connectivity index is 0. The highest BCUT2D eigenvalue weighted by molar-refractivity contribution is 5.78. The fourth-order valence-electron chi connectivity index (χ4n) is 2.63. The lowest BCUT2D eigenvalue weighted by atomic mass is 9.98. The van der Waals surface area contributed by atoms with Crippen molar-refractivity contribution in [3.8, 4) is 11.3 Å². The predicted molar refractivity (Wildman–Crippen MR) is 119 cm³/mol. The van der Waals surface area contributed by atoms with E-state index in [-0.39, 0.29) is 0 Å². The van der Waals surface area contributed by atoms with E-state index in [1.54, 1.807) is 6.08 Å². The molecule has 1 heterocycles. The number of hydrogen-bond acceptors (Lipinski definition) is 0. The third kappa shape index (κ3) is 6.01. The average Bonchev–Trinajstić information content (AvgIpc) is 2.97. The van der Waals surface area contributed by atoms with Crippen molar-refractivity contribution < 1.29 is 4.48 Å². The van der Waals surface area contributed by atoms with Crippen LogP contribution in [-0.2, 0) is 6.42 Å². The van der Waals surface area contributed by atoms with Gasteiger partial charge in [0.05, 0.1) is 11.4 Å². The fraction of sp³-hybridized carbons (Fsp3) is 0.417. The van der Waals surface area contributed by atoms with Crippen molar-refractivity contribution in [1.29, 1.82) is 0 Å². The lowest BCUT2D eigenvalue weighted by Crippen LogP contribution is -1.93. The van der Waals surface area contributed by atoms with Gasteiger partial charge in [0.1, 0.15) is 0 Å². The molecular formula is C24H38FN. The minimum atomic E-state index is 0.526. The van der Waals surface area contributed by atoms with Crippen LogP contribution in [0.2, 0.25) is 0 Å². The number of rotatable bonds is 4. The van der Waals surface area contributed by atoms with Gasteiger partial charge in [0.2, 0.25) is 0 Å². The van der Waals surface area contributed by atoms with Crippen molar-refractivity contribution >= 4 is 12.2 Å². The molecule has 146 valence electrons. The van der Waals surface area contributed by atoms with Gasteiger partial charge in [0, 0.05) is 11.1 Å². The first-order chi connectivity index (χ1) is 12.7. The Morgan fingerprint density at radius 1 is 1.04 bits per heavy atom. The van der Waals surface area contributed by atoms with Gasteiger partial charge in [0.15, 0.2) is 0 Å². The van der Waals surface area contributed by atoms with Gasteiger partial charge in [-0.25, -0.2) is 0 Å². The number of aryl methyl sites for hydroxylation is 1. The summed E-state index contributed by atoms with van der Waals surface area (Å²) in [5.41, 5.74) is 5.12. The number of allylic oxidation sites excluding steroid dienone is 1. The normalized spacial score (nSPS) is 9.31. The Hall–Kier alpha value is -2.09. The van der Waals surface area contributed by atoms with Crippen molar-refractivity contribution in [3.63, 3.8) is 0 Å². The topological polar surface area (TPSA) is 4.93 Å². The van der Waals surface area contributed by atoms with Crippen molar-refractivity contribution in [1.82, 2.24) is 4.79 Å². The van der Waals surface area contributed by atoms with Gasteiger partial charge < -0.3 is 0 Å². The first kappa shape index (κ1) is 26.1. The summed E-state index contributed by atoms with van der Waals surface area (Å²) >= 11 is 0. The minimum absolute atomic E-state index is 0.526. The summed E-state index contributed by atoms with van der Waals surface area (Å²) in [6.45, 7) is 21.7. The van der Waals surface area contributed by atoms with E-state index in [0.29, 0.717) is 11.4 Å². The van der Waals surface area contributed by atoms with E-state index in [2.05, 4.69) is 13.5 Å². The molecular weight excluding hydrogens is 321 g/mol. The van der Waals surface area contributed by atoms with Crippen molar-refractivity contribution in [3.05, 3.63) is 59.3 Å². The SMILES string of the molecule is C=Cc1c(/C=C\C)c(CC)c(-c2ccccc2C)n1F.CC.CC.CC. The van der Waals surface area contributed by atoms with Gasteiger partial charge in [-0.05, 0) is 37.5 Å². The second-order valence-corrected chi connectivity index (χ2v) is 4.78. The Morgan fingerprint density at radius 2 is 1.58 bits per heavy atom. The van der Waals surface area contributed by atoms with Gasteiger partial charge in [0.25, 0.3) is 0 Å². The van der Waals surface area contributed by atoms with Gasteiger partial charge in [-0.2, -0.15) is 4.79 Å². The van der Waals surface area contributed by atoms with Crippen LogP contribution in [0.4, 0.5) is 4.48 Å². The summed E-state index contributed by atoms with van der Waals surface area (Å²) < 4.78 is 14.7. The van der Waals surface area contributed by atoms with Crippen LogP contribution in [0.3, 0.4) is 0 Å². The molecule has 0 bridgehead atoms. The Kier molecular flexibility index (Phi) is 15.3. The van der Waals surface area contributed by atoms with E-state index >= 15 is 0 Å². The third-order valence-corrected chi connectivity index (χ3v) is 3.58. The molecule has 0 aliphatic carbocycles. The predicted octanol–water partition coefficient (Wildman–Crippen LogP) is 8.51. The molecule has 1 aromatic heterocycles. The smallest absolute Gasteiger partial charge is 0.0860 e. The van der Waals surface area contributed by atoms with Crippen LogP contribution in [0.5, 0.6) is 0 Å². The summed E-state index contributed by atoms with van der Waals surface area (Å²) in [6, 6.07) is 7.88. The van der Waals surface area contributed by atoms with Crippen LogP contribution in [-0.4, -0.2) is 4.79 Å². The minimum Gasteiger partial charge on any atom is -0.178 e. The molecule has 1 aromatic carbocycles. The highest BCUT2D eigenvalue weighted by atomic mass is 19.2. The van der Waals surface area contributed by atoms with E-state index in [1.807, 2.05) is 91.8 Å². The van der Waals surface area contributed by atoms with Gasteiger partial charge in [-0.1, -0.05) is 95.9 Å². The molecule has 0 amide bonds. The number of nitrogens with zero attached hydrogens (tertiary/aromatic N) is 1.